The Morgan fingerprint density at radius 1 is 1.46 bits per heavy atom. The average molecular weight is 175 g/mol. The third kappa shape index (κ3) is 2.62. The lowest BCUT2D eigenvalue weighted by molar-refractivity contribution is 0.742. The van der Waals surface area contributed by atoms with Gasteiger partial charge in [0.25, 0.3) is 0 Å². The molecular weight excluding hydrogens is 158 g/mol. The highest BCUT2D eigenvalue weighted by Crippen LogP contribution is 2.23. The van der Waals surface area contributed by atoms with Crippen molar-refractivity contribution in [3.05, 3.63) is 47.7 Å². The number of nitrogens with two attached hydrogens (primary N) is 1. The summed E-state index contributed by atoms with van der Waals surface area (Å²) in [4.78, 5) is 0. The third-order valence-corrected chi connectivity index (χ3v) is 2.29. The Labute approximate surface area is 80.3 Å². The van der Waals surface area contributed by atoms with Crippen LogP contribution in [0.1, 0.15) is 30.4 Å². The second kappa shape index (κ2) is 4.13. The highest BCUT2D eigenvalue weighted by atomic mass is 14.6. The SMILES string of the molecule is C=C(N)CC(C)c1ccccc1C. The summed E-state index contributed by atoms with van der Waals surface area (Å²) in [5.41, 5.74) is 9.05. The van der Waals surface area contributed by atoms with Crippen molar-refractivity contribution in [2.75, 3.05) is 0 Å². The van der Waals surface area contributed by atoms with Gasteiger partial charge in [-0.25, -0.2) is 0 Å². The Kier molecular flexibility index (Phi) is 3.13. The molecule has 2 N–H and O–H groups in total. The van der Waals surface area contributed by atoms with Gasteiger partial charge < -0.3 is 5.73 Å². The van der Waals surface area contributed by atoms with Crippen molar-refractivity contribution in [1.29, 1.82) is 0 Å². The molecule has 1 unspecified atom stereocenters. The van der Waals surface area contributed by atoms with Crippen molar-refractivity contribution in [2.45, 2.75) is 26.2 Å². The molecule has 0 aliphatic carbocycles. The van der Waals surface area contributed by atoms with Crippen LogP contribution in [-0.4, -0.2) is 0 Å². The lowest BCUT2D eigenvalue weighted by atomic mass is 9.93. The molecule has 0 aliphatic rings. The molecule has 1 atom stereocenters. The zero-order valence-corrected chi connectivity index (χ0v) is 8.38. The molecule has 0 aromatic heterocycles. The molecule has 0 spiro atoms. The number of hydrogen-bond acceptors (Lipinski definition) is 1. The van der Waals surface area contributed by atoms with E-state index in [1.807, 2.05) is 0 Å². The fourth-order valence-corrected chi connectivity index (χ4v) is 1.64. The van der Waals surface area contributed by atoms with Crippen LogP contribution < -0.4 is 5.73 Å². The van der Waals surface area contributed by atoms with Crippen molar-refractivity contribution in [1.82, 2.24) is 0 Å². The fourth-order valence-electron chi connectivity index (χ4n) is 1.64. The Hall–Kier alpha value is -1.24. The van der Waals surface area contributed by atoms with E-state index in [-0.39, 0.29) is 0 Å². The lowest BCUT2D eigenvalue weighted by Crippen LogP contribution is -2.02. The molecule has 0 amide bonds. The molecule has 0 radical (unpaired) electrons. The summed E-state index contributed by atoms with van der Waals surface area (Å²) >= 11 is 0. The van der Waals surface area contributed by atoms with Crippen LogP contribution in [-0.2, 0) is 0 Å². The number of hydrogen-bond donors (Lipinski definition) is 1. The van der Waals surface area contributed by atoms with Gasteiger partial charge in [-0.05, 0) is 30.4 Å². The summed E-state index contributed by atoms with van der Waals surface area (Å²) in [6.45, 7) is 8.04. The first-order valence-corrected chi connectivity index (χ1v) is 4.60. The van der Waals surface area contributed by atoms with Gasteiger partial charge in [0, 0.05) is 5.70 Å². The Morgan fingerprint density at radius 3 is 2.62 bits per heavy atom. The van der Waals surface area contributed by atoms with Crippen molar-refractivity contribution in [3.63, 3.8) is 0 Å². The van der Waals surface area contributed by atoms with E-state index in [4.69, 9.17) is 5.73 Å². The third-order valence-electron chi connectivity index (χ3n) is 2.29. The van der Waals surface area contributed by atoms with Crippen LogP contribution >= 0.6 is 0 Å². The van der Waals surface area contributed by atoms with Gasteiger partial charge in [-0.1, -0.05) is 37.8 Å². The van der Waals surface area contributed by atoms with Gasteiger partial charge in [-0.2, -0.15) is 0 Å². The molecule has 1 aromatic rings. The molecule has 0 fully saturated rings. The van der Waals surface area contributed by atoms with Crippen LogP contribution in [0.3, 0.4) is 0 Å². The molecule has 1 heteroatoms. The largest absolute Gasteiger partial charge is 0.402 e. The van der Waals surface area contributed by atoms with Gasteiger partial charge in [0.15, 0.2) is 0 Å². The van der Waals surface area contributed by atoms with E-state index in [1.54, 1.807) is 0 Å². The maximum Gasteiger partial charge on any atom is 0.00135 e. The first-order chi connectivity index (χ1) is 6.11. The summed E-state index contributed by atoms with van der Waals surface area (Å²) in [6, 6.07) is 8.41. The molecular formula is C12H17N. The van der Waals surface area contributed by atoms with Crippen molar-refractivity contribution in [2.24, 2.45) is 5.73 Å². The Morgan fingerprint density at radius 2 is 2.08 bits per heavy atom. The summed E-state index contributed by atoms with van der Waals surface area (Å²) in [7, 11) is 0. The van der Waals surface area contributed by atoms with Gasteiger partial charge >= 0.3 is 0 Å². The van der Waals surface area contributed by atoms with Gasteiger partial charge in [-0.15, -0.1) is 0 Å². The zero-order chi connectivity index (χ0) is 9.84. The summed E-state index contributed by atoms with van der Waals surface area (Å²) < 4.78 is 0. The van der Waals surface area contributed by atoms with Gasteiger partial charge in [0.05, 0.1) is 0 Å². The molecule has 0 aliphatic heterocycles. The summed E-state index contributed by atoms with van der Waals surface area (Å²) in [5, 5.41) is 0. The summed E-state index contributed by atoms with van der Waals surface area (Å²) in [5.74, 6) is 0.471. The highest BCUT2D eigenvalue weighted by molar-refractivity contribution is 5.29. The van der Waals surface area contributed by atoms with Crippen LogP contribution in [0, 0.1) is 6.92 Å². The molecule has 70 valence electrons. The lowest BCUT2D eigenvalue weighted by Gasteiger charge is -2.13. The summed E-state index contributed by atoms with van der Waals surface area (Å²) in [6.07, 6.45) is 0.866. The van der Waals surface area contributed by atoms with E-state index in [1.165, 1.54) is 11.1 Å². The molecule has 0 saturated carbocycles. The molecule has 0 saturated heterocycles. The van der Waals surface area contributed by atoms with Crippen LogP contribution in [0.5, 0.6) is 0 Å². The van der Waals surface area contributed by atoms with Crippen LogP contribution in [0.15, 0.2) is 36.5 Å². The second-order valence-electron chi connectivity index (χ2n) is 3.62. The molecule has 0 heterocycles. The minimum atomic E-state index is 0.471. The van der Waals surface area contributed by atoms with E-state index in [9.17, 15) is 0 Å². The molecule has 1 aromatic carbocycles. The van der Waals surface area contributed by atoms with Gasteiger partial charge in [0.1, 0.15) is 0 Å². The minimum absolute atomic E-state index is 0.471. The Bertz CT molecular complexity index is 302. The van der Waals surface area contributed by atoms with E-state index < -0.39 is 0 Å². The normalized spacial score (nSPS) is 12.5. The first-order valence-electron chi connectivity index (χ1n) is 4.60. The highest BCUT2D eigenvalue weighted by Gasteiger charge is 2.07. The van der Waals surface area contributed by atoms with Crippen LogP contribution in [0.4, 0.5) is 0 Å². The first kappa shape index (κ1) is 9.85. The van der Waals surface area contributed by atoms with Crippen molar-refractivity contribution < 1.29 is 0 Å². The number of aryl methyl sites for hydroxylation is 1. The zero-order valence-electron chi connectivity index (χ0n) is 8.38. The standard InChI is InChI=1S/C12H17N/c1-9-6-4-5-7-12(9)10(2)8-11(3)13/h4-7,10H,3,8,13H2,1-2H3. The van der Waals surface area contributed by atoms with E-state index in [2.05, 4.69) is 44.7 Å². The molecule has 13 heavy (non-hydrogen) atoms. The van der Waals surface area contributed by atoms with Crippen LogP contribution in [0.25, 0.3) is 0 Å². The monoisotopic (exact) mass is 175 g/mol. The van der Waals surface area contributed by atoms with E-state index >= 15 is 0 Å². The van der Waals surface area contributed by atoms with E-state index in [0.29, 0.717) is 5.92 Å². The second-order valence-corrected chi connectivity index (χ2v) is 3.62. The predicted molar refractivity (Wildman–Crippen MR) is 57.5 cm³/mol. The Balaban J connectivity index is 2.82. The van der Waals surface area contributed by atoms with E-state index in [0.717, 1.165) is 12.1 Å². The average Bonchev–Trinajstić information content (AvgIpc) is 2.03. The quantitative estimate of drug-likeness (QED) is 0.751. The van der Waals surface area contributed by atoms with Gasteiger partial charge in [-0.3, -0.25) is 0 Å². The topological polar surface area (TPSA) is 26.0 Å². The maximum atomic E-state index is 5.59. The van der Waals surface area contributed by atoms with Crippen LogP contribution in [0.2, 0.25) is 0 Å². The minimum Gasteiger partial charge on any atom is -0.402 e. The van der Waals surface area contributed by atoms with Gasteiger partial charge in [0.2, 0.25) is 0 Å². The number of benzene rings is 1. The molecule has 0 bridgehead atoms. The molecule has 1 rings (SSSR count). The smallest absolute Gasteiger partial charge is 0.00135 e. The predicted octanol–water partition coefficient (Wildman–Crippen LogP) is 2.96. The van der Waals surface area contributed by atoms with Crippen molar-refractivity contribution >= 4 is 0 Å². The number of rotatable bonds is 3. The number of allylic oxidation sites excluding steroid dienone is 1. The molecule has 1 nitrogen and oxygen atoms in total. The fraction of sp³-hybridized carbons (Fsp3) is 0.333. The van der Waals surface area contributed by atoms with Crippen molar-refractivity contribution in [3.8, 4) is 0 Å². The maximum absolute atomic E-state index is 5.59.